The van der Waals surface area contributed by atoms with Gasteiger partial charge in [0.25, 0.3) is 0 Å². The Hall–Kier alpha value is -3.51. The van der Waals surface area contributed by atoms with Gasteiger partial charge in [0, 0.05) is 22.4 Å². The fraction of sp³-hybridized carbons (Fsp3) is 0. The molecule has 0 unspecified atom stereocenters. The van der Waals surface area contributed by atoms with Gasteiger partial charge in [0.15, 0.2) is 5.58 Å². The van der Waals surface area contributed by atoms with Crippen molar-refractivity contribution in [2.24, 2.45) is 0 Å². The molecular formula is C21H16N4OS. The van der Waals surface area contributed by atoms with Gasteiger partial charge in [0.2, 0.25) is 0 Å². The Labute approximate surface area is 159 Å². The van der Waals surface area contributed by atoms with Gasteiger partial charge in [0.1, 0.15) is 0 Å². The van der Waals surface area contributed by atoms with Gasteiger partial charge >= 0.3 is 0 Å². The minimum absolute atomic E-state index is 0.845. The minimum Gasteiger partial charge on any atom is -0.356 e. The molecule has 3 heterocycles. The molecule has 0 aliphatic heterocycles. The molecule has 5 nitrogen and oxygen atoms in total. The molecule has 0 atom stereocenters. The molecule has 0 saturated heterocycles. The van der Waals surface area contributed by atoms with Gasteiger partial charge in [-0.05, 0) is 35.8 Å². The molecule has 3 aromatic heterocycles. The summed E-state index contributed by atoms with van der Waals surface area (Å²) in [5.41, 5.74) is 1.94. The number of aromatic amines is 1. The van der Waals surface area contributed by atoms with E-state index in [1.54, 1.807) is 6.20 Å². The number of rotatable bonds is 0. The van der Waals surface area contributed by atoms with Crippen LogP contribution < -0.4 is 0 Å². The molecule has 132 valence electrons. The number of nitrogens with zero attached hydrogens (tertiary/aromatic N) is 3. The molecule has 0 radical (unpaired) electrons. The lowest BCUT2D eigenvalue weighted by Crippen LogP contribution is -1.63. The summed E-state index contributed by atoms with van der Waals surface area (Å²) in [6, 6.07) is 23.9. The van der Waals surface area contributed by atoms with Crippen molar-refractivity contribution in [3.05, 3.63) is 91.4 Å². The lowest BCUT2D eigenvalue weighted by Gasteiger charge is -1.81. The van der Waals surface area contributed by atoms with Crippen molar-refractivity contribution in [1.82, 2.24) is 19.7 Å². The van der Waals surface area contributed by atoms with E-state index in [1.807, 2.05) is 73.1 Å². The fourth-order valence-electron chi connectivity index (χ4n) is 2.50. The van der Waals surface area contributed by atoms with Crippen molar-refractivity contribution in [1.29, 1.82) is 0 Å². The maximum atomic E-state index is 4.87. The summed E-state index contributed by atoms with van der Waals surface area (Å²) >= 11 is 1.54. The van der Waals surface area contributed by atoms with Crippen LogP contribution in [0.2, 0.25) is 0 Å². The van der Waals surface area contributed by atoms with Crippen molar-refractivity contribution in [3.63, 3.8) is 0 Å². The van der Waals surface area contributed by atoms with Gasteiger partial charge in [0.05, 0.1) is 22.6 Å². The Morgan fingerprint density at radius 1 is 0.704 bits per heavy atom. The van der Waals surface area contributed by atoms with E-state index >= 15 is 0 Å². The SMILES string of the molecule is c1ccc2[nH]ncc2c1.c1ccc2oncc2c1.c1ccc2sncc2c1. The molecule has 27 heavy (non-hydrogen) atoms. The number of fused-ring (bicyclic) bond motifs is 3. The average molecular weight is 372 g/mol. The van der Waals surface area contributed by atoms with Crippen molar-refractivity contribution in [2.45, 2.75) is 0 Å². The molecule has 3 aromatic carbocycles. The normalized spacial score (nSPS) is 10.2. The van der Waals surface area contributed by atoms with Crippen LogP contribution in [0.4, 0.5) is 0 Å². The Balaban J connectivity index is 0.0000001000. The van der Waals surface area contributed by atoms with Crippen molar-refractivity contribution >= 4 is 43.5 Å². The number of aromatic nitrogens is 4. The number of hydrogen-bond acceptors (Lipinski definition) is 5. The second-order valence-corrected chi connectivity index (χ2v) is 6.52. The highest BCUT2D eigenvalue weighted by Crippen LogP contribution is 2.15. The van der Waals surface area contributed by atoms with Gasteiger partial charge in [-0.15, -0.1) is 0 Å². The van der Waals surface area contributed by atoms with E-state index in [4.69, 9.17) is 4.52 Å². The quantitative estimate of drug-likeness (QED) is 0.372. The molecule has 0 spiro atoms. The lowest BCUT2D eigenvalue weighted by atomic mass is 10.3. The van der Waals surface area contributed by atoms with Crippen molar-refractivity contribution in [2.75, 3.05) is 0 Å². The van der Waals surface area contributed by atoms with E-state index in [2.05, 4.69) is 31.9 Å². The zero-order valence-corrected chi connectivity index (χ0v) is 15.1. The summed E-state index contributed by atoms with van der Waals surface area (Å²) in [6.07, 6.45) is 5.41. The zero-order valence-electron chi connectivity index (χ0n) is 14.3. The Bertz CT molecular complexity index is 1010. The Kier molecular flexibility index (Phi) is 5.17. The summed E-state index contributed by atoms with van der Waals surface area (Å²) < 4.78 is 10.2. The highest BCUT2D eigenvalue weighted by molar-refractivity contribution is 7.13. The molecule has 0 saturated carbocycles. The first-order valence-electron chi connectivity index (χ1n) is 8.37. The maximum absolute atomic E-state index is 4.87. The topological polar surface area (TPSA) is 67.6 Å². The Morgan fingerprint density at radius 3 is 2.26 bits per heavy atom. The number of para-hydroxylation sites is 2. The standard InChI is InChI=1S/C7H6N2.C7H5NO.C7H5NS/c3*1-2-4-7-6(3-1)5-8-9-7/h1-5H,(H,8,9);2*1-5H. The van der Waals surface area contributed by atoms with Gasteiger partial charge in [-0.25, -0.2) is 0 Å². The van der Waals surface area contributed by atoms with Crippen LogP contribution in [0.25, 0.3) is 32.0 Å². The van der Waals surface area contributed by atoms with Crippen LogP contribution in [0, 0.1) is 0 Å². The van der Waals surface area contributed by atoms with Gasteiger partial charge < -0.3 is 4.52 Å². The zero-order chi connectivity index (χ0) is 18.3. The van der Waals surface area contributed by atoms with Crippen LogP contribution in [-0.4, -0.2) is 19.7 Å². The van der Waals surface area contributed by atoms with Gasteiger partial charge in [-0.2, -0.15) is 9.47 Å². The molecule has 1 N–H and O–H groups in total. The smallest absolute Gasteiger partial charge is 0.166 e. The van der Waals surface area contributed by atoms with Crippen molar-refractivity contribution in [3.8, 4) is 0 Å². The van der Waals surface area contributed by atoms with Crippen LogP contribution in [0.5, 0.6) is 0 Å². The van der Waals surface area contributed by atoms with Crippen molar-refractivity contribution < 1.29 is 4.52 Å². The van der Waals surface area contributed by atoms with Crippen LogP contribution in [0.15, 0.2) is 95.9 Å². The first kappa shape index (κ1) is 16.9. The van der Waals surface area contributed by atoms with E-state index in [9.17, 15) is 0 Å². The number of nitrogens with one attached hydrogen (secondary N) is 1. The van der Waals surface area contributed by atoms with Crippen LogP contribution in [0.3, 0.4) is 0 Å². The largest absolute Gasteiger partial charge is 0.356 e. The maximum Gasteiger partial charge on any atom is 0.166 e. The highest BCUT2D eigenvalue weighted by Gasteiger charge is 1.92. The molecule has 0 fully saturated rings. The first-order chi connectivity index (χ1) is 13.4. The fourth-order valence-corrected chi connectivity index (χ4v) is 3.15. The Morgan fingerprint density at radius 2 is 1.44 bits per heavy atom. The first-order valence-corrected chi connectivity index (χ1v) is 9.14. The van der Waals surface area contributed by atoms with Crippen LogP contribution in [0.1, 0.15) is 0 Å². The summed E-state index contributed by atoms with van der Waals surface area (Å²) in [7, 11) is 0. The van der Waals surface area contributed by atoms with Crippen LogP contribution >= 0.6 is 11.5 Å². The predicted molar refractivity (Wildman–Crippen MR) is 110 cm³/mol. The molecule has 6 rings (SSSR count). The van der Waals surface area contributed by atoms with Crippen LogP contribution in [-0.2, 0) is 0 Å². The molecular weight excluding hydrogens is 356 g/mol. The van der Waals surface area contributed by atoms with Gasteiger partial charge in [-0.1, -0.05) is 53.7 Å². The molecule has 0 bridgehead atoms. The lowest BCUT2D eigenvalue weighted by molar-refractivity contribution is 0.456. The molecule has 6 aromatic rings. The van der Waals surface area contributed by atoms with Gasteiger partial charge in [-0.3, -0.25) is 5.10 Å². The third-order valence-corrected chi connectivity index (χ3v) is 4.65. The van der Waals surface area contributed by atoms with E-state index < -0.39 is 0 Å². The average Bonchev–Trinajstić information content (AvgIpc) is 3.48. The molecule has 0 amide bonds. The second-order valence-electron chi connectivity index (χ2n) is 5.68. The van der Waals surface area contributed by atoms with E-state index in [0.29, 0.717) is 0 Å². The van der Waals surface area contributed by atoms with E-state index in [0.717, 1.165) is 21.9 Å². The molecule has 6 heteroatoms. The summed E-state index contributed by atoms with van der Waals surface area (Å²) in [5.74, 6) is 0. The van der Waals surface area contributed by atoms with E-state index in [1.165, 1.54) is 21.6 Å². The highest BCUT2D eigenvalue weighted by atomic mass is 32.1. The van der Waals surface area contributed by atoms with E-state index in [-0.39, 0.29) is 0 Å². The monoisotopic (exact) mass is 372 g/mol. The number of benzene rings is 3. The third kappa shape index (κ3) is 4.19. The molecule has 0 aliphatic carbocycles. The summed E-state index contributed by atoms with van der Waals surface area (Å²) in [4.78, 5) is 0. The number of H-pyrrole nitrogens is 1. The second kappa shape index (κ2) is 8.25. The molecule has 0 aliphatic rings. The summed E-state index contributed by atoms with van der Waals surface area (Å²) in [6.45, 7) is 0. The summed E-state index contributed by atoms with van der Waals surface area (Å²) in [5, 5.41) is 13.8. The third-order valence-electron chi connectivity index (χ3n) is 3.87. The minimum atomic E-state index is 0.845. The predicted octanol–water partition coefficient (Wildman–Crippen LogP) is 5.69. The number of hydrogen-bond donors (Lipinski definition) is 1.